The average Bonchev–Trinajstić information content (AvgIpc) is 2.36. The summed E-state index contributed by atoms with van der Waals surface area (Å²) in [6.45, 7) is 7.35. The largest absolute Gasteiger partial charge is 0.309 e. The molecule has 0 aliphatic carbocycles. The molecule has 0 unspecified atom stereocenters. The molecule has 1 saturated heterocycles. The molecule has 0 saturated carbocycles. The van der Waals surface area contributed by atoms with Crippen LogP contribution in [-0.2, 0) is 0 Å². The lowest BCUT2D eigenvalue weighted by molar-refractivity contribution is 0.894. The fourth-order valence-corrected chi connectivity index (χ4v) is 1.09. The third-order valence-electron chi connectivity index (χ3n) is 1.64. The summed E-state index contributed by atoms with van der Waals surface area (Å²) >= 11 is 0. The van der Waals surface area contributed by atoms with Crippen LogP contribution in [0.25, 0.3) is 0 Å². The third kappa shape index (κ3) is 1.33. The highest BCUT2D eigenvalue weighted by atomic mass is 14.9. The van der Waals surface area contributed by atoms with Crippen LogP contribution in [0.4, 0.5) is 0 Å². The molecular formula is C8H12N2. The lowest BCUT2D eigenvalue weighted by atomic mass is 10.1. The second kappa shape index (κ2) is 3.32. The van der Waals surface area contributed by atoms with Crippen molar-refractivity contribution in [2.24, 2.45) is 4.99 Å². The van der Waals surface area contributed by atoms with E-state index >= 15 is 0 Å². The molecule has 1 heterocycles. The summed E-state index contributed by atoms with van der Waals surface area (Å²) < 4.78 is 0. The number of hydrogen-bond donors (Lipinski definition) is 1. The summed E-state index contributed by atoms with van der Waals surface area (Å²) in [5.74, 6) is 0. The minimum Gasteiger partial charge on any atom is -0.309 e. The average molecular weight is 136 g/mol. The third-order valence-corrected chi connectivity index (χ3v) is 1.64. The first-order valence-electron chi connectivity index (χ1n) is 3.39. The van der Waals surface area contributed by atoms with Gasteiger partial charge >= 0.3 is 0 Å². The molecule has 2 nitrogen and oxygen atoms in total. The van der Waals surface area contributed by atoms with E-state index in [1.165, 1.54) is 11.1 Å². The molecule has 1 N–H and O–H groups in total. The maximum atomic E-state index is 3.72. The number of allylic oxidation sites excluding steroid dienone is 1. The molecule has 0 bridgehead atoms. The monoisotopic (exact) mass is 136 g/mol. The molecule has 54 valence electrons. The Hall–Kier alpha value is -0.890. The molecule has 2 heteroatoms. The zero-order chi connectivity index (χ0) is 7.40. The molecule has 1 aliphatic rings. The Balaban J connectivity index is 2.77. The summed E-state index contributed by atoms with van der Waals surface area (Å²) in [4.78, 5) is 3.72. The van der Waals surface area contributed by atoms with Crippen LogP contribution in [0.3, 0.4) is 0 Å². The van der Waals surface area contributed by atoms with Gasteiger partial charge in [-0.15, -0.1) is 0 Å². The van der Waals surface area contributed by atoms with E-state index in [0.29, 0.717) is 0 Å². The van der Waals surface area contributed by atoms with Crippen LogP contribution in [0.1, 0.15) is 6.92 Å². The molecule has 0 radical (unpaired) electrons. The number of rotatable bonds is 1. The van der Waals surface area contributed by atoms with Crippen molar-refractivity contribution in [1.29, 1.82) is 0 Å². The number of hydrogen-bond acceptors (Lipinski definition) is 2. The Bertz CT molecular complexity index is 189. The van der Waals surface area contributed by atoms with E-state index in [9.17, 15) is 0 Å². The van der Waals surface area contributed by atoms with Gasteiger partial charge in [0.05, 0.1) is 0 Å². The smallest absolute Gasteiger partial charge is 0.0308 e. The minimum absolute atomic E-state index is 0.929. The Morgan fingerprint density at radius 3 is 2.80 bits per heavy atom. The van der Waals surface area contributed by atoms with Gasteiger partial charge in [-0.25, -0.2) is 0 Å². The predicted octanol–water partition coefficient (Wildman–Crippen LogP) is 1.12. The molecule has 1 fully saturated rings. The molecule has 0 aromatic rings. The first kappa shape index (κ1) is 7.22. The van der Waals surface area contributed by atoms with Crippen LogP contribution in [0.5, 0.6) is 0 Å². The van der Waals surface area contributed by atoms with E-state index in [2.05, 4.69) is 23.1 Å². The maximum Gasteiger partial charge on any atom is 0.0308 e. The molecule has 1 aliphatic heterocycles. The highest BCUT2D eigenvalue weighted by molar-refractivity contribution is 5.38. The van der Waals surface area contributed by atoms with Crippen LogP contribution in [-0.4, -0.2) is 19.8 Å². The van der Waals surface area contributed by atoms with Crippen molar-refractivity contribution in [3.05, 3.63) is 23.4 Å². The minimum atomic E-state index is 0.929. The van der Waals surface area contributed by atoms with Crippen molar-refractivity contribution in [3.8, 4) is 0 Å². The quantitative estimate of drug-likeness (QED) is 0.537. The lowest BCUT2D eigenvalue weighted by Crippen LogP contribution is -2.04. The van der Waals surface area contributed by atoms with E-state index in [1.807, 2.05) is 13.1 Å². The summed E-state index contributed by atoms with van der Waals surface area (Å²) in [7, 11) is 0. The van der Waals surface area contributed by atoms with Crippen molar-refractivity contribution >= 4 is 6.72 Å². The molecular weight excluding hydrogens is 124 g/mol. The van der Waals surface area contributed by atoms with Crippen molar-refractivity contribution in [2.45, 2.75) is 6.92 Å². The van der Waals surface area contributed by atoms with Crippen molar-refractivity contribution in [2.75, 3.05) is 13.1 Å². The predicted molar refractivity (Wildman–Crippen MR) is 44.3 cm³/mol. The highest BCUT2D eigenvalue weighted by Crippen LogP contribution is 2.13. The molecule has 0 aromatic heterocycles. The molecule has 10 heavy (non-hydrogen) atoms. The van der Waals surface area contributed by atoms with E-state index < -0.39 is 0 Å². The summed E-state index contributed by atoms with van der Waals surface area (Å²) in [5.41, 5.74) is 2.60. The fourth-order valence-electron chi connectivity index (χ4n) is 1.09. The van der Waals surface area contributed by atoms with Gasteiger partial charge in [-0.3, -0.25) is 4.99 Å². The Morgan fingerprint density at radius 1 is 1.50 bits per heavy atom. The molecule has 0 spiro atoms. The SMILES string of the molecule is C=N/C=C1/CNC/C1=C/C. The van der Waals surface area contributed by atoms with Crippen molar-refractivity contribution in [1.82, 2.24) is 5.32 Å². The van der Waals surface area contributed by atoms with Gasteiger partial charge in [0.15, 0.2) is 0 Å². The normalized spacial score (nSPS) is 26.1. The second-order valence-electron chi connectivity index (χ2n) is 2.25. The molecule has 0 amide bonds. The molecule has 1 rings (SSSR count). The molecule has 0 atom stereocenters. The first-order chi connectivity index (χ1) is 4.88. The van der Waals surface area contributed by atoms with Gasteiger partial charge in [0.25, 0.3) is 0 Å². The Labute approximate surface area is 61.4 Å². The fraction of sp³-hybridized carbons (Fsp3) is 0.375. The lowest BCUT2D eigenvalue weighted by Gasteiger charge is -1.93. The topological polar surface area (TPSA) is 24.4 Å². The summed E-state index contributed by atoms with van der Waals surface area (Å²) in [5, 5.41) is 3.23. The number of nitrogens with zero attached hydrogens (tertiary/aromatic N) is 1. The van der Waals surface area contributed by atoms with Crippen LogP contribution in [0.15, 0.2) is 28.4 Å². The summed E-state index contributed by atoms with van der Waals surface area (Å²) in [6, 6.07) is 0. The van der Waals surface area contributed by atoms with Crippen molar-refractivity contribution < 1.29 is 0 Å². The summed E-state index contributed by atoms with van der Waals surface area (Å²) in [6.07, 6.45) is 3.92. The van der Waals surface area contributed by atoms with Gasteiger partial charge in [-0.05, 0) is 24.8 Å². The van der Waals surface area contributed by atoms with E-state index in [0.717, 1.165) is 13.1 Å². The second-order valence-corrected chi connectivity index (χ2v) is 2.25. The molecule has 0 aromatic carbocycles. The Morgan fingerprint density at radius 2 is 2.20 bits per heavy atom. The van der Waals surface area contributed by atoms with Gasteiger partial charge in [0.2, 0.25) is 0 Å². The van der Waals surface area contributed by atoms with E-state index in [1.54, 1.807) is 0 Å². The van der Waals surface area contributed by atoms with Crippen molar-refractivity contribution in [3.63, 3.8) is 0 Å². The van der Waals surface area contributed by atoms with Crippen LogP contribution in [0, 0.1) is 0 Å². The Kier molecular flexibility index (Phi) is 2.40. The number of aliphatic imine (C=N–C) groups is 1. The van der Waals surface area contributed by atoms with Crippen LogP contribution in [0.2, 0.25) is 0 Å². The number of nitrogens with one attached hydrogen (secondary N) is 1. The first-order valence-corrected chi connectivity index (χ1v) is 3.39. The standard InChI is InChI=1S/C8H12N2/c1-3-7-5-10-6-8(7)4-9-2/h3-4,10H,2,5-6H2,1H3/b7-3-,8-4-. The van der Waals surface area contributed by atoms with Gasteiger partial charge in [-0.1, -0.05) is 6.08 Å². The van der Waals surface area contributed by atoms with Gasteiger partial charge in [0.1, 0.15) is 0 Å². The zero-order valence-electron chi connectivity index (χ0n) is 6.22. The van der Waals surface area contributed by atoms with Gasteiger partial charge in [-0.2, -0.15) is 0 Å². The van der Waals surface area contributed by atoms with Crippen LogP contribution < -0.4 is 5.32 Å². The van der Waals surface area contributed by atoms with E-state index in [-0.39, 0.29) is 0 Å². The van der Waals surface area contributed by atoms with Gasteiger partial charge in [0, 0.05) is 19.3 Å². The highest BCUT2D eigenvalue weighted by Gasteiger charge is 2.10. The zero-order valence-corrected chi connectivity index (χ0v) is 6.22. The van der Waals surface area contributed by atoms with Gasteiger partial charge < -0.3 is 5.32 Å². The van der Waals surface area contributed by atoms with E-state index in [4.69, 9.17) is 0 Å². The maximum absolute atomic E-state index is 3.72. The van der Waals surface area contributed by atoms with Crippen LogP contribution >= 0.6 is 0 Å².